The van der Waals surface area contributed by atoms with Gasteiger partial charge in [0.05, 0.1) is 18.0 Å². The van der Waals surface area contributed by atoms with Crippen molar-refractivity contribution in [1.82, 2.24) is 20.1 Å². The van der Waals surface area contributed by atoms with Crippen molar-refractivity contribution in [2.24, 2.45) is 0 Å². The number of benzene rings is 3. The van der Waals surface area contributed by atoms with Crippen molar-refractivity contribution in [3.8, 4) is 11.4 Å². The molecule has 11 heteroatoms. The Hall–Kier alpha value is -3.53. The second-order valence-corrected chi connectivity index (χ2v) is 9.76. The molecule has 0 aliphatic carbocycles. The van der Waals surface area contributed by atoms with Crippen LogP contribution in [0.4, 0.5) is 5.69 Å². The zero-order chi connectivity index (χ0) is 26.2. The van der Waals surface area contributed by atoms with Gasteiger partial charge < -0.3 is 15.4 Å². The molecule has 1 aromatic heterocycles. The quantitative estimate of drug-likeness (QED) is 0.257. The first-order valence-corrected chi connectivity index (χ1v) is 13.0. The van der Waals surface area contributed by atoms with Crippen molar-refractivity contribution in [2.45, 2.75) is 18.6 Å². The molecule has 0 aliphatic rings. The van der Waals surface area contributed by atoms with Crippen LogP contribution in [0.2, 0.25) is 10.0 Å². The molecule has 0 fully saturated rings. The second-order valence-electron chi connectivity index (χ2n) is 7.94. The first-order valence-electron chi connectivity index (χ1n) is 11.2. The Balaban J connectivity index is 1.42. The zero-order valence-corrected chi connectivity index (χ0v) is 22.1. The number of aryl methyl sites for hydroxylation is 1. The minimum atomic E-state index is -0.331. The Kier molecular flexibility index (Phi) is 9.05. The molecule has 2 N–H and O–H groups in total. The van der Waals surface area contributed by atoms with Gasteiger partial charge in [0.2, 0.25) is 5.91 Å². The van der Waals surface area contributed by atoms with Crippen molar-refractivity contribution in [3.63, 3.8) is 0 Å². The molecule has 37 heavy (non-hydrogen) atoms. The molecule has 8 nitrogen and oxygen atoms in total. The predicted molar refractivity (Wildman–Crippen MR) is 146 cm³/mol. The molecule has 1 heterocycles. The molecule has 3 aromatic carbocycles. The number of nitrogens with zero attached hydrogens (tertiary/aromatic N) is 3. The Morgan fingerprint density at radius 2 is 1.73 bits per heavy atom. The molecule has 0 radical (unpaired) electrons. The summed E-state index contributed by atoms with van der Waals surface area (Å²) < 4.78 is 7.25. The van der Waals surface area contributed by atoms with E-state index in [-0.39, 0.29) is 30.7 Å². The van der Waals surface area contributed by atoms with Crippen LogP contribution in [0.1, 0.15) is 11.4 Å². The van der Waals surface area contributed by atoms with Gasteiger partial charge in [-0.2, -0.15) is 0 Å². The molecular formula is C26H23Cl2N5O3S. The number of carbonyl (C=O) groups is 2. The summed E-state index contributed by atoms with van der Waals surface area (Å²) in [6.45, 7) is 1.88. The third-order valence-electron chi connectivity index (χ3n) is 5.03. The lowest BCUT2D eigenvalue weighted by Gasteiger charge is -2.12. The minimum Gasteiger partial charge on any atom is -0.484 e. The predicted octanol–water partition coefficient (Wildman–Crippen LogP) is 5.31. The van der Waals surface area contributed by atoms with Crippen LogP contribution in [0.5, 0.6) is 5.75 Å². The molecule has 4 rings (SSSR count). The summed E-state index contributed by atoms with van der Waals surface area (Å²) in [7, 11) is 0. The van der Waals surface area contributed by atoms with Gasteiger partial charge in [-0.25, -0.2) is 0 Å². The average molecular weight is 556 g/mol. The van der Waals surface area contributed by atoms with Gasteiger partial charge in [0.1, 0.15) is 5.75 Å². The molecule has 0 aliphatic heterocycles. The second kappa shape index (κ2) is 12.6. The Morgan fingerprint density at radius 1 is 0.946 bits per heavy atom. The van der Waals surface area contributed by atoms with Crippen molar-refractivity contribution < 1.29 is 14.3 Å². The lowest BCUT2D eigenvalue weighted by molar-refractivity contribution is -0.123. The number of rotatable bonds is 10. The van der Waals surface area contributed by atoms with E-state index in [2.05, 4.69) is 20.8 Å². The number of anilines is 1. The van der Waals surface area contributed by atoms with Crippen LogP contribution in [0.25, 0.3) is 5.69 Å². The summed E-state index contributed by atoms with van der Waals surface area (Å²) in [6, 6.07) is 21.5. The topological polar surface area (TPSA) is 98.1 Å². The normalized spacial score (nSPS) is 10.7. The number of hydrogen-bond acceptors (Lipinski definition) is 6. The summed E-state index contributed by atoms with van der Waals surface area (Å²) in [4.78, 5) is 24.9. The van der Waals surface area contributed by atoms with Crippen molar-refractivity contribution in [2.75, 3.05) is 17.7 Å². The van der Waals surface area contributed by atoms with Gasteiger partial charge in [-0.3, -0.25) is 14.2 Å². The van der Waals surface area contributed by atoms with Crippen LogP contribution in [0.3, 0.4) is 0 Å². The van der Waals surface area contributed by atoms with Crippen LogP contribution >= 0.6 is 35.0 Å². The summed E-state index contributed by atoms with van der Waals surface area (Å²) in [5, 5.41) is 15.8. The molecular weight excluding hydrogens is 533 g/mol. The summed E-state index contributed by atoms with van der Waals surface area (Å²) in [5.74, 6) is 0.620. The van der Waals surface area contributed by atoms with Crippen LogP contribution < -0.4 is 15.4 Å². The highest BCUT2D eigenvalue weighted by Crippen LogP contribution is 2.24. The maximum atomic E-state index is 12.5. The van der Waals surface area contributed by atoms with E-state index in [1.807, 2.05) is 37.3 Å². The van der Waals surface area contributed by atoms with Crippen molar-refractivity contribution in [1.29, 1.82) is 0 Å². The van der Waals surface area contributed by atoms with E-state index in [1.165, 1.54) is 11.8 Å². The summed E-state index contributed by atoms with van der Waals surface area (Å²) in [6.07, 6.45) is 0. The number of aromatic nitrogens is 3. The SMILES string of the molecule is Cc1cccc(NC(=O)CSc2nnc(CNC(=O)COc3ccc(Cl)cc3)n2-c2cccc(Cl)c2)c1. The highest BCUT2D eigenvalue weighted by atomic mass is 35.5. The molecule has 4 aromatic rings. The van der Waals surface area contributed by atoms with E-state index in [1.54, 1.807) is 47.0 Å². The molecule has 0 bridgehead atoms. The molecule has 2 amide bonds. The number of nitrogens with one attached hydrogen (secondary N) is 2. The van der Waals surface area contributed by atoms with E-state index in [0.29, 0.717) is 32.5 Å². The van der Waals surface area contributed by atoms with Gasteiger partial charge >= 0.3 is 0 Å². The monoisotopic (exact) mass is 555 g/mol. The Labute approximate surface area is 228 Å². The number of hydrogen-bond donors (Lipinski definition) is 2. The number of thioether (sulfide) groups is 1. The van der Waals surface area contributed by atoms with Crippen molar-refractivity contribution >= 4 is 52.5 Å². The highest BCUT2D eigenvalue weighted by molar-refractivity contribution is 7.99. The molecule has 0 unspecified atom stereocenters. The fraction of sp³-hybridized carbons (Fsp3) is 0.154. The largest absolute Gasteiger partial charge is 0.484 e. The Morgan fingerprint density at radius 3 is 2.49 bits per heavy atom. The number of halogens is 2. The summed E-state index contributed by atoms with van der Waals surface area (Å²) >= 11 is 13.3. The third kappa shape index (κ3) is 7.72. The van der Waals surface area contributed by atoms with Crippen molar-refractivity contribution in [3.05, 3.63) is 94.2 Å². The lowest BCUT2D eigenvalue weighted by Crippen LogP contribution is -2.29. The zero-order valence-electron chi connectivity index (χ0n) is 19.8. The lowest BCUT2D eigenvalue weighted by atomic mass is 10.2. The standard InChI is InChI=1S/C26H23Cl2N5O3S/c1-17-4-2-6-20(12-17)30-25(35)16-37-26-32-31-23(33(26)21-7-3-5-19(28)13-21)14-29-24(34)15-36-22-10-8-18(27)9-11-22/h2-13H,14-16H2,1H3,(H,29,34)(H,30,35). The van der Waals surface area contributed by atoms with Gasteiger partial charge in [0.15, 0.2) is 17.6 Å². The van der Waals surface area contributed by atoms with Crippen LogP contribution in [0, 0.1) is 6.92 Å². The smallest absolute Gasteiger partial charge is 0.258 e. The number of carbonyl (C=O) groups excluding carboxylic acids is 2. The maximum absolute atomic E-state index is 12.5. The van der Waals surface area contributed by atoms with Crippen LogP contribution in [0.15, 0.2) is 78.0 Å². The van der Waals surface area contributed by atoms with Crippen LogP contribution in [-0.4, -0.2) is 38.9 Å². The van der Waals surface area contributed by atoms with Gasteiger partial charge in [0.25, 0.3) is 5.91 Å². The van der Waals surface area contributed by atoms with E-state index in [0.717, 1.165) is 11.3 Å². The summed E-state index contributed by atoms with van der Waals surface area (Å²) in [5.41, 5.74) is 2.49. The average Bonchev–Trinajstić information content (AvgIpc) is 3.29. The molecule has 0 saturated carbocycles. The van der Waals surface area contributed by atoms with E-state index in [9.17, 15) is 9.59 Å². The first-order chi connectivity index (χ1) is 17.9. The number of amides is 2. The van der Waals surface area contributed by atoms with E-state index in [4.69, 9.17) is 27.9 Å². The van der Waals surface area contributed by atoms with Gasteiger partial charge in [-0.05, 0) is 67.1 Å². The maximum Gasteiger partial charge on any atom is 0.258 e. The highest BCUT2D eigenvalue weighted by Gasteiger charge is 2.17. The van der Waals surface area contributed by atoms with Gasteiger partial charge in [0, 0.05) is 15.7 Å². The minimum absolute atomic E-state index is 0.0956. The third-order valence-corrected chi connectivity index (χ3v) is 6.44. The molecule has 0 saturated heterocycles. The van der Waals surface area contributed by atoms with E-state index >= 15 is 0 Å². The first kappa shape index (κ1) is 26.5. The van der Waals surface area contributed by atoms with Gasteiger partial charge in [-0.1, -0.05) is 53.2 Å². The number of ether oxygens (including phenoxy) is 1. The molecule has 0 atom stereocenters. The van der Waals surface area contributed by atoms with Gasteiger partial charge in [-0.15, -0.1) is 10.2 Å². The molecule has 190 valence electrons. The van der Waals surface area contributed by atoms with E-state index < -0.39 is 0 Å². The molecule has 0 spiro atoms. The fourth-order valence-electron chi connectivity index (χ4n) is 3.34. The van der Waals surface area contributed by atoms with Crippen LogP contribution in [-0.2, 0) is 16.1 Å². The fourth-order valence-corrected chi connectivity index (χ4v) is 4.42. The Bertz CT molecular complexity index is 1400.